The van der Waals surface area contributed by atoms with Gasteiger partial charge < -0.3 is 10.1 Å². The molecule has 20 heavy (non-hydrogen) atoms. The molecule has 5 heteroatoms. The molecular weight excluding hydrogens is 254 g/mol. The van der Waals surface area contributed by atoms with Crippen molar-refractivity contribution in [2.75, 3.05) is 19.0 Å². The normalized spacial score (nSPS) is 13.2. The van der Waals surface area contributed by atoms with Gasteiger partial charge in [-0.05, 0) is 30.5 Å². The van der Waals surface area contributed by atoms with E-state index in [4.69, 9.17) is 4.74 Å². The molecule has 0 amide bonds. The number of hydrogen-bond acceptors (Lipinski definition) is 5. The molecule has 0 bridgehead atoms. The number of hydrogen-bond donors (Lipinski definition) is 1. The van der Waals surface area contributed by atoms with Crippen LogP contribution in [0, 0.1) is 0 Å². The zero-order valence-corrected chi connectivity index (χ0v) is 11.2. The topological polar surface area (TPSA) is 64.1 Å². The van der Waals surface area contributed by atoms with E-state index in [1.54, 1.807) is 24.7 Å². The van der Waals surface area contributed by atoms with E-state index >= 15 is 0 Å². The first kappa shape index (κ1) is 12.6. The van der Waals surface area contributed by atoms with Crippen LogP contribution < -0.4 is 5.32 Å². The average molecular weight is 269 g/mol. The number of pyridine rings is 2. The number of carbonyl (C=O) groups is 1. The fourth-order valence-corrected chi connectivity index (χ4v) is 2.41. The Kier molecular flexibility index (Phi) is 3.33. The Balaban J connectivity index is 2.07. The van der Waals surface area contributed by atoms with Crippen molar-refractivity contribution in [2.45, 2.75) is 12.8 Å². The number of anilines is 1. The van der Waals surface area contributed by atoms with Crippen molar-refractivity contribution < 1.29 is 9.53 Å². The monoisotopic (exact) mass is 269 g/mol. The number of nitrogens with zero attached hydrogens (tertiary/aromatic N) is 2. The van der Waals surface area contributed by atoms with Gasteiger partial charge in [0.05, 0.1) is 12.7 Å². The minimum absolute atomic E-state index is 0.363. The number of rotatable bonds is 2. The zero-order chi connectivity index (χ0) is 13.9. The first-order valence-corrected chi connectivity index (χ1v) is 6.55. The van der Waals surface area contributed by atoms with Crippen LogP contribution in [0.4, 0.5) is 5.82 Å². The van der Waals surface area contributed by atoms with Crippen molar-refractivity contribution in [1.82, 2.24) is 9.97 Å². The van der Waals surface area contributed by atoms with Crippen molar-refractivity contribution in [3.63, 3.8) is 0 Å². The third-order valence-corrected chi connectivity index (χ3v) is 3.42. The maximum absolute atomic E-state index is 11.8. The summed E-state index contributed by atoms with van der Waals surface area (Å²) in [5.74, 6) is 0.571. The summed E-state index contributed by atoms with van der Waals surface area (Å²) in [7, 11) is 1.38. The summed E-state index contributed by atoms with van der Waals surface area (Å²) in [6.07, 6.45) is 7.11. The maximum atomic E-state index is 11.8. The third kappa shape index (κ3) is 2.22. The standard InChI is InChI=1S/C15H15N3O2/c1-20-15(19)12-4-6-16-9-13(12)11-7-10-3-2-5-17-14(10)18-8-11/h4,6-9H,2-3,5H2,1H3,(H,17,18). The lowest BCUT2D eigenvalue weighted by Gasteiger charge is -2.17. The van der Waals surface area contributed by atoms with E-state index in [0.717, 1.165) is 36.3 Å². The lowest BCUT2D eigenvalue weighted by atomic mass is 9.99. The molecule has 102 valence electrons. The van der Waals surface area contributed by atoms with Gasteiger partial charge in [-0.3, -0.25) is 4.98 Å². The van der Waals surface area contributed by atoms with Gasteiger partial charge in [0, 0.05) is 36.3 Å². The fourth-order valence-electron chi connectivity index (χ4n) is 2.41. The molecule has 0 atom stereocenters. The van der Waals surface area contributed by atoms with Crippen molar-refractivity contribution in [3.05, 3.63) is 41.9 Å². The van der Waals surface area contributed by atoms with Crippen LogP contribution in [0.5, 0.6) is 0 Å². The van der Waals surface area contributed by atoms with Gasteiger partial charge in [0.15, 0.2) is 0 Å². The zero-order valence-electron chi connectivity index (χ0n) is 11.2. The summed E-state index contributed by atoms with van der Waals surface area (Å²) in [5.41, 5.74) is 3.32. The lowest BCUT2D eigenvalue weighted by molar-refractivity contribution is 0.0601. The van der Waals surface area contributed by atoms with Crippen LogP contribution in [0.3, 0.4) is 0 Å². The minimum Gasteiger partial charge on any atom is -0.465 e. The molecule has 0 aromatic carbocycles. The first-order chi connectivity index (χ1) is 9.79. The van der Waals surface area contributed by atoms with Crippen LogP contribution in [0.1, 0.15) is 22.3 Å². The molecule has 3 rings (SSSR count). The van der Waals surface area contributed by atoms with Gasteiger partial charge in [-0.15, -0.1) is 0 Å². The molecule has 5 nitrogen and oxygen atoms in total. The van der Waals surface area contributed by atoms with E-state index in [9.17, 15) is 4.79 Å². The number of methoxy groups -OCH3 is 1. The largest absolute Gasteiger partial charge is 0.465 e. The van der Waals surface area contributed by atoms with Crippen molar-refractivity contribution in [2.24, 2.45) is 0 Å². The molecule has 1 aliphatic heterocycles. The van der Waals surface area contributed by atoms with E-state index in [0.29, 0.717) is 5.56 Å². The number of ether oxygens (including phenoxy) is 1. The number of carbonyl (C=O) groups excluding carboxylic acids is 1. The van der Waals surface area contributed by atoms with Gasteiger partial charge >= 0.3 is 5.97 Å². The van der Waals surface area contributed by atoms with E-state index < -0.39 is 0 Å². The number of fused-ring (bicyclic) bond motifs is 1. The molecule has 0 aliphatic carbocycles. The molecule has 0 saturated heterocycles. The molecule has 0 radical (unpaired) electrons. The molecule has 3 heterocycles. The second-order valence-corrected chi connectivity index (χ2v) is 4.67. The highest BCUT2D eigenvalue weighted by molar-refractivity contribution is 5.96. The Hall–Kier alpha value is -2.43. The van der Waals surface area contributed by atoms with Gasteiger partial charge in [-0.2, -0.15) is 0 Å². The molecule has 0 saturated carbocycles. The minimum atomic E-state index is -0.363. The molecule has 2 aromatic heterocycles. The lowest BCUT2D eigenvalue weighted by Crippen LogP contribution is -2.13. The Morgan fingerprint density at radius 2 is 2.30 bits per heavy atom. The van der Waals surface area contributed by atoms with Crippen molar-refractivity contribution >= 4 is 11.8 Å². The number of aryl methyl sites for hydroxylation is 1. The predicted octanol–water partition coefficient (Wildman–Crippen LogP) is 2.29. The van der Waals surface area contributed by atoms with E-state index in [1.807, 2.05) is 0 Å². The van der Waals surface area contributed by atoms with Gasteiger partial charge in [-0.1, -0.05) is 0 Å². The van der Waals surface area contributed by atoms with E-state index in [2.05, 4.69) is 21.4 Å². The van der Waals surface area contributed by atoms with Crippen LogP contribution in [0.15, 0.2) is 30.7 Å². The van der Waals surface area contributed by atoms with Gasteiger partial charge in [0.2, 0.25) is 0 Å². The average Bonchev–Trinajstić information content (AvgIpc) is 2.53. The van der Waals surface area contributed by atoms with E-state index in [-0.39, 0.29) is 5.97 Å². The molecule has 1 N–H and O–H groups in total. The second kappa shape index (κ2) is 5.28. The smallest absolute Gasteiger partial charge is 0.338 e. The summed E-state index contributed by atoms with van der Waals surface area (Å²) in [6, 6.07) is 3.73. The molecular formula is C15H15N3O2. The Bertz CT molecular complexity index is 655. The quantitative estimate of drug-likeness (QED) is 0.847. The molecule has 0 unspecified atom stereocenters. The van der Waals surface area contributed by atoms with Gasteiger partial charge in [-0.25, -0.2) is 9.78 Å². The van der Waals surface area contributed by atoms with Crippen LogP contribution in [0.25, 0.3) is 11.1 Å². The maximum Gasteiger partial charge on any atom is 0.338 e. The Morgan fingerprint density at radius 1 is 1.40 bits per heavy atom. The summed E-state index contributed by atoms with van der Waals surface area (Å²) < 4.78 is 4.81. The Labute approximate surface area is 117 Å². The van der Waals surface area contributed by atoms with Gasteiger partial charge in [0.25, 0.3) is 0 Å². The van der Waals surface area contributed by atoms with Crippen LogP contribution in [-0.4, -0.2) is 29.6 Å². The highest BCUT2D eigenvalue weighted by Crippen LogP contribution is 2.28. The van der Waals surface area contributed by atoms with Crippen LogP contribution in [-0.2, 0) is 11.2 Å². The third-order valence-electron chi connectivity index (χ3n) is 3.42. The summed E-state index contributed by atoms with van der Waals surface area (Å²) >= 11 is 0. The van der Waals surface area contributed by atoms with Crippen molar-refractivity contribution in [1.29, 1.82) is 0 Å². The molecule has 0 fully saturated rings. The fraction of sp³-hybridized carbons (Fsp3) is 0.267. The molecule has 1 aliphatic rings. The number of aromatic nitrogens is 2. The molecule has 0 spiro atoms. The summed E-state index contributed by atoms with van der Waals surface area (Å²) in [4.78, 5) is 20.3. The second-order valence-electron chi connectivity index (χ2n) is 4.67. The van der Waals surface area contributed by atoms with Crippen LogP contribution in [0.2, 0.25) is 0 Å². The summed E-state index contributed by atoms with van der Waals surface area (Å²) in [6.45, 7) is 0.958. The first-order valence-electron chi connectivity index (χ1n) is 6.55. The molecule has 2 aromatic rings. The highest BCUT2D eigenvalue weighted by Gasteiger charge is 2.16. The van der Waals surface area contributed by atoms with E-state index in [1.165, 1.54) is 12.7 Å². The number of esters is 1. The van der Waals surface area contributed by atoms with Gasteiger partial charge in [0.1, 0.15) is 5.82 Å². The Morgan fingerprint density at radius 3 is 3.15 bits per heavy atom. The highest BCUT2D eigenvalue weighted by atomic mass is 16.5. The van der Waals surface area contributed by atoms with Crippen molar-refractivity contribution in [3.8, 4) is 11.1 Å². The predicted molar refractivity (Wildman–Crippen MR) is 75.6 cm³/mol. The number of nitrogens with one attached hydrogen (secondary N) is 1. The SMILES string of the molecule is COC(=O)c1ccncc1-c1cnc2c(c1)CCCN2. The van der Waals surface area contributed by atoms with Crippen LogP contribution >= 0.6 is 0 Å². The summed E-state index contributed by atoms with van der Waals surface area (Å²) in [5, 5.41) is 3.27.